The van der Waals surface area contributed by atoms with Gasteiger partial charge >= 0.3 is 39.5 Å². The average molecular weight is 1400 g/mol. The van der Waals surface area contributed by atoms with E-state index in [2.05, 4.69) is 27.7 Å². The Morgan fingerprint density at radius 2 is 0.421 bits per heavy atom. The van der Waals surface area contributed by atoms with Crippen molar-refractivity contribution < 1.29 is 80.2 Å². The maximum absolute atomic E-state index is 13.1. The monoisotopic (exact) mass is 1400 g/mol. The molecule has 0 heterocycles. The zero-order valence-electron chi connectivity index (χ0n) is 61.6. The van der Waals surface area contributed by atoms with E-state index in [4.69, 9.17) is 37.0 Å². The van der Waals surface area contributed by atoms with E-state index in [1.165, 1.54) is 218 Å². The molecule has 0 rings (SSSR count). The predicted octanol–water partition coefficient (Wildman–Crippen LogP) is 22.6. The van der Waals surface area contributed by atoms with Gasteiger partial charge in [-0.15, -0.1) is 0 Å². The Kier molecular flexibility index (Phi) is 69.1. The van der Waals surface area contributed by atoms with Crippen molar-refractivity contribution in [2.75, 3.05) is 39.6 Å². The molecule has 2 unspecified atom stereocenters. The van der Waals surface area contributed by atoms with Gasteiger partial charge in [0, 0.05) is 25.7 Å². The van der Waals surface area contributed by atoms with Crippen LogP contribution in [0.2, 0.25) is 0 Å². The van der Waals surface area contributed by atoms with Crippen molar-refractivity contribution in [2.45, 2.75) is 425 Å². The molecule has 17 nitrogen and oxygen atoms in total. The Bertz CT molecular complexity index is 1810. The summed E-state index contributed by atoms with van der Waals surface area (Å²) in [6.45, 7) is 4.91. The number of phosphoric acid groups is 2. The minimum absolute atomic E-state index is 0.105. The van der Waals surface area contributed by atoms with Crippen molar-refractivity contribution in [3.8, 4) is 0 Å². The maximum Gasteiger partial charge on any atom is 0.472 e. The van der Waals surface area contributed by atoms with E-state index in [-0.39, 0.29) is 25.7 Å². The SMILES string of the molecule is CCCCCCCCCCCCCCCCCCCCCCC(=O)OC[C@H](COP(=O)(O)OC[C@@H](O)COP(=O)(O)OC[C@@H](COC(=O)CCCCCCCCC)OC(=O)CCCCCCCCCC)OC(=O)CCCCCCCCCCCCCCCCCCCCCC. The summed E-state index contributed by atoms with van der Waals surface area (Å²) in [6.07, 6.45) is 61.5. The Hall–Kier alpha value is -1.94. The van der Waals surface area contributed by atoms with Gasteiger partial charge < -0.3 is 33.8 Å². The molecule has 0 aliphatic heterocycles. The molecule has 0 fully saturated rings. The van der Waals surface area contributed by atoms with Gasteiger partial charge in [-0.3, -0.25) is 37.3 Å². The first-order valence-electron chi connectivity index (χ1n) is 39.8. The summed E-state index contributed by atoms with van der Waals surface area (Å²) in [5, 5.41) is 10.6. The van der Waals surface area contributed by atoms with Gasteiger partial charge in [0.2, 0.25) is 0 Å². The lowest BCUT2D eigenvalue weighted by atomic mass is 10.0. The third-order valence-electron chi connectivity index (χ3n) is 17.9. The summed E-state index contributed by atoms with van der Waals surface area (Å²) in [7, 11) is -9.90. The van der Waals surface area contributed by atoms with Crippen LogP contribution in [-0.2, 0) is 65.4 Å². The Morgan fingerprint density at radius 3 is 0.621 bits per heavy atom. The number of unbranched alkanes of at least 4 members (excludes halogenated alkanes) is 51. The minimum Gasteiger partial charge on any atom is -0.462 e. The number of hydrogen-bond acceptors (Lipinski definition) is 15. The van der Waals surface area contributed by atoms with Crippen LogP contribution in [0.1, 0.15) is 407 Å². The van der Waals surface area contributed by atoms with Crippen molar-refractivity contribution in [2.24, 2.45) is 0 Å². The van der Waals surface area contributed by atoms with Crippen LogP contribution in [0.5, 0.6) is 0 Å². The highest BCUT2D eigenvalue weighted by Crippen LogP contribution is 2.45. The summed E-state index contributed by atoms with van der Waals surface area (Å²) in [5.74, 6) is -2.12. The van der Waals surface area contributed by atoms with E-state index in [1.54, 1.807) is 0 Å². The predicted molar refractivity (Wildman–Crippen MR) is 386 cm³/mol. The van der Waals surface area contributed by atoms with E-state index < -0.39 is 97.5 Å². The number of phosphoric ester groups is 2. The lowest BCUT2D eigenvalue weighted by Gasteiger charge is -2.21. The van der Waals surface area contributed by atoms with Gasteiger partial charge in [-0.25, -0.2) is 9.13 Å². The van der Waals surface area contributed by atoms with Gasteiger partial charge in [-0.1, -0.05) is 355 Å². The minimum atomic E-state index is -4.95. The van der Waals surface area contributed by atoms with E-state index in [1.807, 2.05) is 0 Å². The van der Waals surface area contributed by atoms with Crippen LogP contribution in [0.4, 0.5) is 0 Å². The number of esters is 4. The van der Waals surface area contributed by atoms with Crippen molar-refractivity contribution in [3.63, 3.8) is 0 Å². The highest BCUT2D eigenvalue weighted by Gasteiger charge is 2.30. The van der Waals surface area contributed by atoms with Crippen LogP contribution < -0.4 is 0 Å². The molecule has 0 bridgehead atoms. The molecule has 0 saturated carbocycles. The number of carbonyl (C=O) groups is 4. The molecule has 0 amide bonds. The van der Waals surface area contributed by atoms with Crippen molar-refractivity contribution in [1.82, 2.24) is 0 Å². The fourth-order valence-corrected chi connectivity index (χ4v) is 13.3. The normalized spacial score (nSPS) is 13.9. The van der Waals surface area contributed by atoms with Gasteiger partial charge in [-0.05, 0) is 25.7 Å². The molecule has 564 valence electrons. The molecular weight excluding hydrogens is 1250 g/mol. The van der Waals surface area contributed by atoms with Gasteiger partial charge in [0.05, 0.1) is 26.4 Å². The fraction of sp³-hybridized carbons (Fsp3) is 0.947. The first-order valence-corrected chi connectivity index (χ1v) is 42.8. The molecule has 0 spiro atoms. The second kappa shape index (κ2) is 70.5. The van der Waals surface area contributed by atoms with Crippen molar-refractivity contribution in [3.05, 3.63) is 0 Å². The summed E-state index contributed by atoms with van der Waals surface area (Å²) in [6, 6.07) is 0. The third kappa shape index (κ3) is 70.3. The number of aliphatic hydroxyl groups excluding tert-OH is 1. The van der Waals surface area contributed by atoms with Crippen LogP contribution >= 0.6 is 15.6 Å². The van der Waals surface area contributed by atoms with E-state index in [0.29, 0.717) is 25.7 Å². The largest absolute Gasteiger partial charge is 0.472 e. The molecule has 0 aromatic heterocycles. The molecule has 0 aliphatic rings. The van der Waals surface area contributed by atoms with Crippen LogP contribution in [0, 0.1) is 0 Å². The zero-order valence-corrected chi connectivity index (χ0v) is 63.4. The molecular formula is C76H148O17P2. The van der Waals surface area contributed by atoms with Gasteiger partial charge in [0.1, 0.15) is 19.3 Å². The van der Waals surface area contributed by atoms with E-state index >= 15 is 0 Å². The zero-order chi connectivity index (χ0) is 69.7. The first-order chi connectivity index (χ1) is 46.2. The quantitative estimate of drug-likeness (QED) is 0.0222. The molecule has 0 aromatic rings. The van der Waals surface area contributed by atoms with Crippen LogP contribution in [0.25, 0.3) is 0 Å². The topological polar surface area (TPSA) is 237 Å². The highest BCUT2D eigenvalue weighted by atomic mass is 31.2. The van der Waals surface area contributed by atoms with Gasteiger partial charge in [0.15, 0.2) is 12.2 Å². The summed E-state index contributed by atoms with van der Waals surface area (Å²) in [4.78, 5) is 72.5. The highest BCUT2D eigenvalue weighted by molar-refractivity contribution is 7.47. The lowest BCUT2D eigenvalue weighted by molar-refractivity contribution is -0.161. The molecule has 0 radical (unpaired) electrons. The smallest absolute Gasteiger partial charge is 0.462 e. The molecule has 3 N–H and O–H groups in total. The number of hydrogen-bond donors (Lipinski definition) is 3. The van der Waals surface area contributed by atoms with Gasteiger partial charge in [0.25, 0.3) is 0 Å². The molecule has 5 atom stereocenters. The molecule has 95 heavy (non-hydrogen) atoms. The maximum atomic E-state index is 13.1. The van der Waals surface area contributed by atoms with Gasteiger partial charge in [-0.2, -0.15) is 0 Å². The average Bonchev–Trinajstić information content (AvgIpc) is 1.83. The van der Waals surface area contributed by atoms with Crippen molar-refractivity contribution in [1.29, 1.82) is 0 Å². The van der Waals surface area contributed by atoms with E-state index in [9.17, 15) is 43.2 Å². The van der Waals surface area contributed by atoms with Crippen LogP contribution in [-0.4, -0.2) is 96.7 Å². The van der Waals surface area contributed by atoms with E-state index in [0.717, 1.165) is 109 Å². The second-order valence-corrected chi connectivity index (χ2v) is 30.3. The van der Waals surface area contributed by atoms with Crippen LogP contribution in [0.3, 0.4) is 0 Å². The number of carbonyl (C=O) groups excluding carboxylic acids is 4. The first kappa shape index (κ1) is 93.1. The van der Waals surface area contributed by atoms with Crippen LogP contribution in [0.15, 0.2) is 0 Å². The van der Waals surface area contributed by atoms with Crippen molar-refractivity contribution >= 4 is 39.5 Å². The number of ether oxygens (including phenoxy) is 4. The Balaban J connectivity index is 5.11. The Morgan fingerprint density at radius 1 is 0.253 bits per heavy atom. The third-order valence-corrected chi connectivity index (χ3v) is 19.8. The molecule has 19 heteroatoms. The lowest BCUT2D eigenvalue weighted by Crippen LogP contribution is -2.30. The molecule has 0 aromatic carbocycles. The Labute approximate surface area is 581 Å². The molecule has 0 aliphatic carbocycles. The number of rotatable bonds is 77. The standard InChI is InChI=1S/C76H148O17P2/c1-5-9-13-17-21-24-26-28-30-32-34-36-38-40-42-44-46-50-53-57-61-74(79)87-67-72(93-76(81)63-59-55-51-47-45-43-41-39-37-35-33-31-29-27-25-22-18-14-10-6-2)69-91-95(84,85)89-65-70(77)64-88-94(82,83)90-68-71(66-86-73(78)60-56-52-48-20-16-12-8-4)92-75(80)62-58-54-49-23-19-15-11-7-3/h70-72,77H,5-69H2,1-4H3,(H,82,83)(H,84,85)/t70-,71+,72+/m0/s1. The number of aliphatic hydroxyl groups is 1. The summed E-state index contributed by atoms with van der Waals surface area (Å²) in [5.41, 5.74) is 0. The second-order valence-electron chi connectivity index (χ2n) is 27.4. The summed E-state index contributed by atoms with van der Waals surface area (Å²) >= 11 is 0. The molecule has 0 saturated heterocycles. The summed E-state index contributed by atoms with van der Waals surface area (Å²) < 4.78 is 68.3. The fourth-order valence-electron chi connectivity index (χ4n) is 11.8.